The number of nitrogens with two attached hydrogens (primary N) is 1. The van der Waals surface area contributed by atoms with Crippen molar-refractivity contribution in [2.75, 3.05) is 20.1 Å². The van der Waals surface area contributed by atoms with Crippen LogP contribution in [0.3, 0.4) is 0 Å². The number of hydrogen-bond donors (Lipinski definition) is 2. The number of guanidine groups is 1. The van der Waals surface area contributed by atoms with Crippen LogP contribution in [0, 0.1) is 11.7 Å². The predicted molar refractivity (Wildman–Crippen MR) is 113 cm³/mol. The van der Waals surface area contributed by atoms with Gasteiger partial charge < -0.3 is 20.4 Å². The second-order valence-corrected chi connectivity index (χ2v) is 6.46. The van der Waals surface area contributed by atoms with Gasteiger partial charge in [-0.3, -0.25) is 9.79 Å². The Hall–Kier alpha value is -2.10. The summed E-state index contributed by atoms with van der Waals surface area (Å²) in [4.78, 5) is 17.6. The van der Waals surface area contributed by atoms with Gasteiger partial charge in [-0.2, -0.15) is 0 Å². The van der Waals surface area contributed by atoms with Gasteiger partial charge in [0.15, 0.2) is 11.7 Å². The van der Waals surface area contributed by atoms with Gasteiger partial charge in [-0.25, -0.2) is 4.39 Å². The molecule has 1 aromatic carbocycles. The van der Waals surface area contributed by atoms with Crippen LogP contribution in [0.5, 0.6) is 0 Å². The Bertz CT molecular complexity index is 791. The quantitative estimate of drug-likeness (QED) is 0.387. The second kappa shape index (κ2) is 9.72. The lowest BCUT2D eigenvalue weighted by atomic mass is 9.99. The standard InChI is InChI=1S/C19H23FN4O2.HI/c1-22-19(23-11-16-6-7-17(26-16)18(21)25)24-9-8-14(12-24)10-13-2-4-15(20)5-3-13;/h2-7,14H,8-12H2,1H3,(H2,21,25)(H,22,23);1H. The molecule has 1 fully saturated rings. The van der Waals surface area contributed by atoms with E-state index in [-0.39, 0.29) is 35.6 Å². The zero-order chi connectivity index (χ0) is 18.5. The molecule has 1 amide bonds. The molecule has 1 unspecified atom stereocenters. The first kappa shape index (κ1) is 21.2. The van der Waals surface area contributed by atoms with Crippen molar-refractivity contribution in [3.63, 3.8) is 0 Å². The Labute approximate surface area is 175 Å². The number of carbonyl (C=O) groups is 1. The zero-order valence-electron chi connectivity index (χ0n) is 15.2. The maximum absolute atomic E-state index is 13.0. The monoisotopic (exact) mass is 486 g/mol. The van der Waals surface area contributed by atoms with Crippen LogP contribution in [0.1, 0.15) is 28.3 Å². The molecule has 1 aliphatic rings. The molecule has 3 rings (SSSR count). The molecule has 1 saturated heterocycles. The fourth-order valence-corrected chi connectivity index (χ4v) is 3.25. The lowest BCUT2D eigenvalue weighted by Crippen LogP contribution is -2.39. The number of halogens is 2. The van der Waals surface area contributed by atoms with E-state index in [1.54, 1.807) is 19.2 Å². The fourth-order valence-electron chi connectivity index (χ4n) is 3.25. The number of amides is 1. The number of rotatable bonds is 5. The molecule has 1 atom stereocenters. The van der Waals surface area contributed by atoms with E-state index in [0.29, 0.717) is 18.2 Å². The lowest BCUT2D eigenvalue weighted by Gasteiger charge is -2.21. The molecule has 27 heavy (non-hydrogen) atoms. The molecular weight excluding hydrogens is 462 g/mol. The molecule has 6 nitrogen and oxygen atoms in total. The molecule has 0 saturated carbocycles. The molecule has 0 bridgehead atoms. The highest BCUT2D eigenvalue weighted by Crippen LogP contribution is 2.21. The van der Waals surface area contributed by atoms with Crippen molar-refractivity contribution >= 4 is 35.8 Å². The average molecular weight is 486 g/mol. The van der Waals surface area contributed by atoms with Gasteiger partial charge in [-0.15, -0.1) is 24.0 Å². The number of primary amides is 1. The maximum Gasteiger partial charge on any atom is 0.284 e. The first-order chi connectivity index (χ1) is 12.5. The van der Waals surface area contributed by atoms with Crippen molar-refractivity contribution in [2.45, 2.75) is 19.4 Å². The minimum atomic E-state index is -0.580. The van der Waals surface area contributed by atoms with Crippen molar-refractivity contribution in [3.05, 3.63) is 59.3 Å². The SMILES string of the molecule is CN=C(NCc1ccc(C(N)=O)o1)N1CCC(Cc2ccc(F)cc2)C1.I. The predicted octanol–water partition coefficient (Wildman–Crippen LogP) is 2.78. The number of carbonyl (C=O) groups excluding carboxylic acids is 1. The first-order valence-corrected chi connectivity index (χ1v) is 8.63. The molecule has 0 aliphatic carbocycles. The third-order valence-corrected chi connectivity index (χ3v) is 4.56. The van der Waals surface area contributed by atoms with E-state index in [9.17, 15) is 9.18 Å². The molecule has 0 spiro atoms. The van der Waals surface area contributed by atoms with Gasteiger partial charge in [0.2, 0.25) is 0 Å². The molecule has 0 radical (unpaired) electrons. The number of likely N-dealkylation sites (tertiary alicyclic amines) is 1. The maximum atomic E-state index is 13.0. The van der Waals surface area contributed by atoms with Gasteiger partial charge in [0.05, 0.1) is 6.54 Å². The average Bonchev–Trinajstić information content (AvgIpc) is 3.27. The van der Waals surface area contributed by atoms with Gasteiger partial charge in [-0.1, -0.05) is 12.1 Å². The summed E-state index contributed by atoms with van der Waals surface area (Å²) in [6.45, 7) is 2.23. The normalized spacial score (nSPS) is 16.9. The Kier molecular flexibility index (Phi) is 7.64. The van der Waals surface area contributed by atoms with Gasteiger partial charge in [0.25, 0.3) is 5.91 Å². The number of benzene rings is 1. The molecule has 8 heteroatoms. The van der Waals surface area contributed by atoms with Crippen LogP contribution in [0.4, 0.5) is 4.39 Å². The summed E-state index contributed by atoms with van der Waals surface area (Å²) >= 11 is 0. The summed E-state index contributed by atoms with van der Waals surface area (Å²) in [5.74, 6) is 1.29. The van der Waals surface area contributed by atoms with E-state index in [1.165, 1.54) is 12.1 Å². The third-order valence-electron chi connectivity index (χ3n) is 4.56. The third kappa shape index (κ3) is 5.69. The molecule has 2 heterocycles. The van der Waals surface area contributed by atoms with Crippen LogP contribution in [-0.2, 0) is 13.0 Å². The van der Waals surface area contributed by atoms with E-state index >= 15 is 0 Å². The van der Waals surface area contributed by atoms with Gasteiger partial charge in [0.1, 0.15) is 11.6 Å². The van der Waals surface area contributed by atoms with Crippen LogP contribution >= 0.6 is 24.0 Å². The number of furan rings is 1. The second-order valence-electron chi connectivity index (χ2n) is 6.46. The summed E-state index contributed by atoms with van der Waals surface area (Å²) in [5.41, 5.74) is 6.34. The molecule has 3 N–H and O–H groups in total. The molecule has 146 valence electrons. The number of nitrogens with one attached hydrogen (secondary N) is 1. The largest absolute Gasteiger partial charge is 0.454 e. The Morgan fingerprint density at radius 3 is 2.70 bits per heavy atom. The zero-order valence-corrected chi connectivity index (χ0v) is 17.5. The topological polar surface area (TPSA) is 83.9 Å². The van der Waals surface area contributed by atoms with E-state index in [4.69, 9.17) is 10.2 Å². The Morgan fingerprint density at radius 1 is 1.33 bits per heavy atom. The van der Waals surface area contributed by atoms with Crippen molar-refractivity contribution < 1.29 is 13.6 Å². The Balaban J connectivity index is 0.00000261. The number of hydrogen-bond acceptors (Lipinski definition) is 3. The van der Waals surface area contributed by atoms with Crippen LogP contribution < -0.4 is 11.1 Å². The minimum absolute atomic E-state index is 0. The summed E-state index contributed by atoms with van der Waals surface area (Å²) < 4.78 is 18.4. The highest BCUT2D eigenvalue weighted by Gasteiger charge is 2.25. The summed E-state index contributed by atoms with van der Waals surface area (Å²) in [6, 6.07) is 9.99. The van der Waals surface area contributed by atoms with Crippen LogP contribution in [0.2, 0.25) is 0 Å². The van der Waals surface area contributed by atoms with Crippen LogP contribution in [0.15, 0.2) is 45.8 Å². The summed E-state index contributed by atoms with van der Waals surface area (Å²) in [5, 5.41) is 3.25. The Morgan fingerprint density at radius 2 is 2.07 bits per heavy atom. The van der Waals surface area contributed by atoms with E-state index in [2.05, 4.69) is 15.2 Å². The van der Waals surface area contributed by atoms with Gasteiger partial charge >= 0.3 is 0 Å². The summed E-state index contributed by atoms with van der Waals surface area (Å²) in [6.07, 6.45) is 1.98. The van der Waals surface area contributed by atoms with Crippen molar-refractivity contribution in [1.82, 2.24) is 10.2 Å². The van der Waals surface area contributed by atoms with E-state index < -0.39 is 5.91 Å². The smallest absolute Gasteiger partial charge is 0.284 e. The van der Waals surface area contributed by atoms with E-state index in [1.807, 2.05) is 12.1 Å². The first-order valence-electron chi connectivity index (χ1n) is 8.63. The molecule has 1 aliphatic heterocycles. The highest BCUT2D eigenvalue weighted by molar-refractivity contribution is 14.0. The van der Waals surface area contributed by atoms with Gasteiger partial charge in [0, 0.05) is 20.1 Å². The van der Waals surface area contributed by atoms with Gasteiger partial charge in [-0.05, 0) is 48.6 Å². The van der Waals surface area contributed by atoms with Crippen molar-refractivity contribution in [2.24, 2.45) is 16.6 Å². The lowest BCUT2D eigenvalue weighted by molar-refractivity contribution is 0.0972. The van der Waals surface area contributed by atoms with Crippen molar-refractivity contribution in [3.8, 4) is 0 Å². The number of aliphatic imine (C=N–C) groups is 1. The fraction of sp³-hybridized carbons (Fsp3) is 0.368. The minimum Gasteiger partial charge on any atom is -0.454 e. The summed E-state index contributed by atoms with van der Waals surface area (Å²) in [7, 11) is 1.74. The van der Waals surface area contributed by atoms with Crippen LogP contribution in [0.25, 0.3) is 0 Å². The molecular formula is C19H24FIN4O2. The van der Waals surface area contributed by atoms with Crippen molar-refractivity contribution in [1.29, 1.82) is 0 Å². The van der Waals surface area contributed by atoms with E-state index in [0.717, 1.165) is 37.5 Å². The van der Waals surface area contributed by atoms with Crippen LogP contribution in [-0.4, -0.2) is 36.9 Å². The number of nitrogens with zero attached hydrogens (tertiary/aromatic N) is 2. The molecule has 1 aromatic heterocycles. The molecule has 2 aromatic rings. The highest BCUT2D eigenvalue weighted by atomic mass is 127.